The molecule has 226 valence electrons. The van der Waals surface area contributed by atoms with Crippen LogP contribution in [0.4, 0.5) is 0 Å². The molecular weight excluding hydrogens is 583 g/mol. The maximum Gasteiger partial charge on any atom is 0.164 e. The van der Waals surface area contributed by atoms with Gasteiger partial charge in [-0.1, -0.05) is 158 Å². The van der Waals surface area contributed by atoms with Crippen LogP contribution in [0.3, 0.4) is 0 Å². The van der Waals surface area contributed by atoms with Gasteiger partial charge in [0.1, 0.15) is 0 Å². The van der Waals surface area contributed by atoms with Crippen molar-refractivity contribution in [2.75, 3.05) is 0 Å². The van der Waals surface area contributed by atoms with E-state index in [9.17, 15) is 0 Å². The number of benzene rings is 7. The second-order valence-electron chi connectivity index (χ2n) is 12.3. The SMILES string of the molecule is C1=C(c2cccc(-c3ccccc3-c3nc(-c4ccccc4)nc(-c4ccccc4)n3)c2)CCc2c1c1ccccc1c1ccccc21. The van der Waals surface area contributed by atoms with Gasteiger partial charge in [-0.2, -0.15) is 0 Å². The van der Waals surface area contributed by atoms with Crippen LogP contribution in [0, 0.1) is 0 Å². The van der Waals surface area contributed by atoms with Gasteiger partial charge in [-0.15, -0.1) is 0 Å². The van der Waals surface area contributed by atoms with Crippen LogP contribution in [0.1, 0.15) is 23.1 Å². The molecule has 0 bridgehead atoms. The first-order valence-electron chi connectivity index (χ1n) is 16.5. The number of allylic oxidation sites excluding steroid dienone is 1. The number of hydrogen-bond acceptors (Lipinski definition) is 3. The third-order valence-electron chi connectivity index (χ3n) is 9.46. The predicted octanol–water partition coefficient (Wildman–Crippen LogP) is 11.3. The molecule has 3 nitrogen and oxygen atoms in total. The van der Waals surface area contributed by atoms with Crippen molar-refractivity contribution in [2.24, 2.45) is 0 Å². The molecule has 1 aromatic heterocycles. The van der Waals surface area contributed by atoms with Gasteiger partial charge in [-0.05, 0) is 73.8 Å². The molecule has 1 aliphatic carbocycles. The van der Waals surface area contributed by atoms with Gasteiger partial charge >= 0.3 is 0 Å². The summed E-state index contributed by atoms with van der Waals surface area (Å²) < 4.78 is 0. The predicted molar refractivity (Wildman–Crippen MR) is 199 cm³/mol. The van der Waals surface area contributed by atoms with Crippen molar-refractivity contribution in [1.82, 2.24) is 15.0 Å². The third-order valence-corrected chi connectivity index (χ3v) is 9.46. The van der Waals surface area contributed by atoms with Gasteiger partial charge in [0.05, 0.1) is 0 Å². The third kappa shape index (κ3) is 4.97. The van der Waals surface area contributed by atoms with E-state index >= 15 is 0 Å². The Kier molecular flexibility index (Phi) is 6.94. The van der Waals surface area contributed by atoms with Gasteiger partial charge in [0, 0.05) is 16.7 Å². The molecule has 0 radical (unpaired) electrons. The number of fused-ring (bicyclic) bond motifs is 6. The summed E-state index contributed by atoms with van der Waals surface area (Å²) in [7, 11) is 0. The second-order valence-corrected chi connectivity index (χ2v) is 12.3. The summed E-state index contributed by atoms with van der Waals surface area (Å²) >= 11 is 0. The number of nitrogens with zero attached hydrogens (tertiary/aromatic N) is 3. The van der Waals surface area contributed by atoms with Crippen molar-refractivity contribution < 1.29 is 0 Å². The zero-order valence-electron chi connectivity index (χ0n) is 26.3. The zero-order valence-corrected chi connectivity index (χ0v) is 26.3. The van der Waals surface area contributed by atoms with E-state index in [-0.39, 0.29) is 0 Å². The molecule has 0 unspecified atom stereocenters. The lowest BCUT2D eigenvalue weighted by Crippen LogP contribution is -2.02. The molecule has 3 heteroatoms. The molecule has 1 aliphatic rings. The van der Waals surface area contributed by atoms with Crippen LogP contribution in [0.2, 0.25) is 0 Å². The first-order valence-corrected chi connectivity index (χ1v) is 16.5. The Morgan fingerprint density at radius 1 is 0.354 bits per heavy atom. The Labute approximate surface area is 280 Å². The van der Waals surface area contributed by atoms with Gasteiger partial charge in [-0.3, -0.25) is 0 Å². The van der Waals surface area contributed by atoms with E-state index in [0.29, 0.717) is 17.5 Å². The van der Waals surface area contributed by atoms with Gasteiger partial charge in [0.25, 0.3) is 0 Å². The Balaban J connectivity index is 1.17. The summed E-state index contributed by atoms with van der Waals surface area (Å²) in [5.74, 6) is 1.98. The summed E-state index contributed by atoms with van der Waals surface area (Å²) in [4.78, 5) is 15.0. The number of aromatic nitrogens is 3. The van der Waals surface area contributed by atoms with E-state index in [4.69, 9.17) is 15.0 Å². The first-order chi connectivity index (χ1) is 23.8. The van der Waals surface area contributed by atoms with Gasteiger partial charge < -0.3 is 0 Å². The molecule has 0 saturated heterocycles. The fourth-order valence-corrected chi connectivity index (χ4v) is 7.15. The summed E-state index contributed by atoms with van der Waals surface area (Å²) in [5, 5.41) is 5.34. The maximum absolute atomic E-state index is 5.04. The summed E-state index contributed by atoms with van der Waals surface area (Å²) in [6.07, 6.45) is 4.44. The van der Waals surface area contributed by atoms with Gasteiger partial charge in [-0.25, -0.2) is 15.0 Å². The summed E-state index contributed by atoms with van der Waals surface area (Å²) in [6, 6.07) is 55.4. The van der Waals surface area contributed by atoms with E-state index in [0.717, 1.165) is 40.7 Å². The minimum Gasteiger partial charge on any atom is -0.208 e. The van der Waals surface area contributed by atoms with Crippen LogP contribution in [0.15, 0.2) is 158 Å². The fourth-order valence-electron chi connectivity index (χ4n) is 7.15. The highest BCUT2D eigenvalue weighted by Crippen LogP contribution is 2.41. The molecule has 9 rings (SSSR count). The molecule has 0 aliphatic heterocycles. The van der Waals surface area contributed by atoms with Crippen molar-refractivity contribution in [2.45, 2.75) is 12.8 Å². The Bertz CT molecular complexity index is 2440. The summed E-state index contributed by atoms with van der Waals surface area (Å²) in [6.45, 7) is 0. The van der Waals surface area contributed by atoms with Crippen molar-refractivity contribution in [3.05, 3.63) is 174 Å². The Morgan fingerprint density at radius 3 is 1.54 bits per heavy atom. The van der Waals surface area contributed by atoms with Crippen LogP contribution in [-0.2, 0) is 6.42 Å². The van der Waals surface area contributed by atoms with Crippen molar-refractivity contribution in [1.29, 1.82) is 0 Å². The molecule has 0 N–H and O–H groups in total. The molecule has 0 amide bonds. The minimum absolute atomic E-state index is 0.660. The average molecular weight is 614 g/mol. The van der Waals surface area contributed by atoms with Crippen molar-refractivity contribution in [3.63, 3.8) is 0 Å². The number of aryl methyl sites for hydroxylation is 1. The highest BCUT2D eigenvalue weighted by atomic mass is 15.0. The number of rotatable bonds is 5. The largest absolute Gasteiger partial charge is 0.208 e. The Hall–Kier alpha value is -6.19. The monoisotopic (exact) mass is 613 g/mol. The van der Waals surface area contributed by atoms with E-state index in [1.165, 1.54) is 43.8 Å². The van der Waals surface area contributed by atoms with E-state index in [2.05, 4.69) is 103 Å². The lowest BCUT2D eigenvalue weighted by Gasteiger charge is -2.22. The lowest BCUT2D eigenvalue weighted by atomic mass is 9.82. The van der Waals surface area contributed by atoms with E-state index in [1.807, 2.05) is 60.7 Å². The van der Waals surface area contributed by atoms with Crippen LogP contribution < -0.4 is 0 Å². The van der Waals surface area contributed by atoms with Crippen molar-refractivity contribution >= 4 is 33.2 Å². The molecule has 8 aromatic rings. The Morgan fingerprint density at radius 2 is 0.854 bits per heavy atom. The van der Waals surface area contributed by atoms with Crippen LogP contribution in [0.25, 0.3) is 78.5 Å². The normalized spacial score (nSPS) is 12.5. The molecular formula is C45H31N3. The topological polar surface area (TPSA) is 38.7 Å². The quantitative estimate of drug-likeness (QED) is 0.181. The molecule has 0 atom stereocenters. The molecule has 1 heterocycles. The van der Waals surface area contributed by atoms with Gasteiger partial charge in [0.15, 0.2) is 17.5 Å². The van der Waals surface area contributed by atoms with Crippen molar-refractivity contribution in [3.8, 4) is 45.3 Å². The second kappa shape index (κ2) is 11.9. The molecule has 0 spiro atoms. The molecule has 7 aromatic carbocycles. The van der Waals surface area contributed by atoms with Crippen LogP contribution in [-0.4, -0.2) is 15.0 Å². The maximum atomic E-state index is 5.04. The molecule has 0 fully saturated rings. The van der Waals surface area contributed by atoms with Gasteiger partial charge in [0.2, 0.25) is 0 Å². The first kappa shape index (κ1) is 28.1. The highest BCUT2D eigenvalue weighted by molar-refractivity contribution is 6.14. The van der Waals surface area contributed by atoms with E-state index in [1.54, 1.807) is 0 Å². The number of hydrogen-bond donors (Lipinski definition) is 0. The van der Waals surface area contributed by atoms with Crippen LogP contribution in [0.5, 0.6) is 0 Å². The average Bonchev–Trinajstić information content (AvgIpc) is 3.18. The fraction of sp³-hybridized carbons (Fsp3) is 0.0444. The molecule has 48 heavy (non-hydrogen) atoms. The van der Waals surface area contributed by atoms with E-state index < -0.39 is 0 Å². The minimum atomic E-state index is 0.660. The zero-order chi connectivity index (χ0) is 31.9. The van der Waals surface area contributed by atoms with Crippen LogP contribution >= 0.6 is 0 Å². The smallest absolute Gasteiger partial charge is 0.164 e. The highest BCUT2D eigenvalue weighted by Gasteiger charge is 2.20. The standard InChI is InChI=1S/C45H31N3/c1-3-14-30(15-4-1)43-46-44(31-16-5-2-6-17-31)48-45(47-43)41-25-12-7-20-35(41)34-19-13-18-32(28-34)33-26-27-40-38-23-9-8-21-36(38)37-22-10-11-24-39(37)42(40)29-33/h1-25,28-29H,26-27H2. The lowest BCUT2D eigenvalue weighted by molar-refractivity contribution is 1.02. The summed E-state index contributed by atoms with van der Waals surface area (Å²) in [5.41, 5.74) is 10.5. The molecule has 0 saturated carbocycles.